The number of hydrogen-bond donors (Lipinski definition) is 2. The van der Waals surface area contributed by atoms with E-state index in [1.807, 2.05) is 0 Å². The van der Waals surface area contributed by atoms with Crippen LogP contribution in [0.3, 0.4) is 0 Å². The molecule has 1 amide bonds. The van der Waals surface area contributed by atoms with Gasteiger partial charge in [-0.05, 0) is 50.0 Å². The highest BCUT2D eigenvalue weighted by atomic mass is 16.1. The first-order valence-corrected chi connectivity index (χ1v) is 7.57. The van der Waals surface area contributed by atoms with Crippen molar-refractivity contribution in [1.29, 1.82) is 0 Å². The predicted molar refractivity (Wildman–Crippen MR) is 76.2 cm³/mol. The first-order chi connectivity index (χ1) is 8.58. The van der Waals surface area contributed by atoms with Crippen LogP contribution in [-0.4, -0.2) is 18.5 Å². The van der Waals surface area contributed by atoms with Crippen LogP contribution in [0.5, 0.6) is 0 Å². The summed E-state index contributed by atoms with van der Waals surface area (Å²) in [5, 5.41) is 3.22. The van der Waals surface area contributed by atoms with Gasteiger partial charge in [-0.15, -0.1) is 0 Å². The maximum atomic E-state index is 11.9. The fourth-order valence-electron chi connectivity index (χ4n) is 3.11. The Morgan fingerprint density at radius 1 is 1.39 bits per heavy atom. The Balaban J connectivity index is 2.24. The smallest absolute Gasteiger partial charge is 0.220 e. The fourth-order valence-corrected chi connectivity index (χ4v) is 3.11. The third-order valence-corrected chi connectivity index (χ3v) is 4.62. The highest BCUT2D eigenvalue weighted by Crippen LogP contribution is 2.33. The van der Waals surface area contributed by atoms with Gasteiger partial charge in [0.15, 0.2) is 0 Å². The van der Waals surface area contributed by atoms with Gasteiger partial charge >= 0.3 is 0 Å². The molecule has 4 unspecified atom stereocenters. The maximum absolute atomic E-state index is 11.9. The molecule has 106 valence electrons. The second-order valence-electron chi connectivity index (χ2n) is 6.00. The van der Waals surface area contributed by atoms with Crippen LogP contribution < -0.4 is 11.1 Å². The largest absolute Gasteiger partial charge is 0.353 e. The van der Waals surface area contributed by atoms with E-state index in [1.165, 1.54) is 12.8 Å². The standard InChI is InChI=1S/C15H30N2O/c1-4-13-6-7-14(12(13)3)17-15(18)8-5-11(2)9-10-16/h11-14H,4-10,16H2,1-3H3,(H,17,18). The molecule has 3 N–H and O–H groups in total. The van der Waals surface area contributed by atoms with Crippen molar-refractivity contribution in [1.82, 2.24) is 5.32 Å². The topological polar surface area (TPSA) is 55.1 Å². The number of carbonyl (C=O) groups is 1. The molecule has 1 saturated carbocycles. The molecule has 1 aliphatic carbocycles. The molecule has 1 rings (SSSR count). The molecule has 0 spiro atoms. The summed E-state index contributed by atoms with van der Waals surface area (Å²) in [6.07, 6.45) is 6.30. The third kappa shape index (κ3) is 4.60. The Bertz CT molecular complexity index is 255. The van der Waals surface area contributed by atoms with Crippen LogP contribution >= 0.6 is 0 Å². The summed E-state index contributed by atoms with van der Waals surface area (Å²) in [4.78, 5) is 11.9. The SMILES string of the molecule is CCC1CCC(NC(=O)CCC(C)CCN)C1C. The lowest BCUT2D eigenvalue weighted by Gasteiger charge is -2.21. The molecule has 0 aromatic rings. The summed E-state index contributed by atoms with van der Waals surface area (Å²) < 4.78 is 0. The number of hydrogen-bond acceptors (Lipinski definition) is 2. The zero-order valence-corrected chi connectivity index (χ0v) is 12.2. The highest BCUT2D eigenvalue weighted by molar-refractivity contribution is 5.76. The van der Waals surface area contributed by atoms with Gasteiger partial charge in [0.05, 0.1) is 0 Å². The lowest BCUT2D eigenvalue weighted by molar-refractivity contribution is -0.122. The Hall–Kier alpha value is -0.570. The molecule has 0 radical (unpaired) electrons. The van der Waals surface area contributed by atoms with E-state index in [-0.39, 0.29) is 5.91 Å². The van der Waals surface area contributed by atoms with Gasteiger partial charge in [0.1, 0.15) is 0 Å². The lowest BCUT2D eigenvalue weighted by atomic mass is 9.93. The molecule has 3 heteroatoms. The van der Waals surface area contributed by atoms with Gasteiger partial charge in [-0.1, -0.05) is 27.2 Å². The Morgan fingerprint density at radius 2 is 2.11 bits per heavy atom. The van der Waals surface area contributed by atoms with E-state index in [4.69, 9.17) is 5.73 Å². The lowest BCUT2D eigenvalue weighted by Crippen LogP contribution is -2.37. The second-order valence-corrected chi connectivity index (χ2v) is 6.00. The number of rotatable bonds is 7. The number of nitrogens with two attached hydrogens (primary N) is 1. The zero-order valence-electron chi connectivity index (χ0n) is 12.2. The van der Waals surface area contributed by atoms with Crippen molar-refractivity contribution in [3.8, 4) is 0 Å². The molecule has 1 aliphatic rings. The zero-order chi connectivity index (χ0) is 13.5. The molecule has 0 aromatic carbocycles. The molecule has 4 atom stereocenters. The molecule has 3 nitrogen and oxygen atoms in total. The van der Waals surface area contributed by atoms with Crippen molar-refractivity contribution in [3.05, 3.63) is 0 Å². The molecule has 18 heavy (non-hydrogen) atoms. The van der Waals surface area contributed by atoms with Crippen molar-refractivity contribution in [3.63, 3.8) is 0 Å². The van der Waals surface area contributed by atoms with Crippen LogP contribution in [0, 0.1) is 17.8 Å². The molecule has 1 fully saturated rings. The van der Waals surface area contributed by atoms with Crippen molar-refractivity contribution in [2.24, 2.45) is 23.5 Å². The van der Waals surface area contributed by atoms with Crippen LogP contribution in [0.2, 0.25) is 0 Å². The second kappa shape index (κ2) is 7.78. The molecular weight excluding hydrogens is 224 g/mol. The molecule has 0 aliphatic heterocycles. The molecule has 0 saturated heterocycles. The van der Waals surface area contributed by atoms with Crippen molar-refractivity contribution in [2.75, 3.05) is 6.54 Å². The number of amides is 1. The Morgan fingerprint density at radius 3 is 2.67 bits per heavy atom. The predicted octanol–water partition coefficient (Wildman–Crippen LogP) is 2.69. The first kappa shape index (κ1) is 15.5. The quantitative estimate of drug-likeness (QED) is 0.734. The van der Waals surface area contributed by atoms with E-state index in [1.54, 1.807) is 0 Å². The minimum Gasteiger partial charge on any atom is -0.353 e. The van der Waals surface area contributed by atoms with Crippen LogP contribution in [-0.2, 0) is 4.79 Å². The van der Waals surface area contributed by atoms with Crippen LogP contribution in [0.15, 0.2) is 0 Å². The van der Waals surface area contributed by atoms with Gasteiger partial charge in [0.25, 0.3) is 0 Å². The summed E-state index contributed by atoms with van der Waals surface area (Å²) in [6.45, 7) is 7.43. The van der Waals surface area contributed by atoms with Crippen LogP contribution in [0.25, 0.3) is 0 Å². The summed E-state index contributed by atoms with van der Waals surface area (Å²) in [7, 11) is 0. The molecule has 0 aromatic heterocycles. The number of nitrogens with one attached hydrogen (secondary N) is 1. The summed E-state index contributed by atoms with van der Waals surface area (Å²) in [6, 6.07) is 0.410. The van der Waals surface area contributed by atoms with E-state index in [9.17, 15) is 4.79 Å². The molecule has 0 bridgehead atoms. The summed E-state index contributed by atoms with van der Waals surface area (Å²) in [5.74, 6) is 2.23. The van der Waals surface area contributed by atoms with E-state index < -0.39 is 0 Å². The van der Waals surface area contributed by atoms with Gasteiger partial charge in [-0.25, -0.2) is 0 Å². The number of carbonyl (C=O) groups excluding carboxylic acids is 1. The average molecular weight is 254 g/mol. The molecule has 0 heterocycles. The van der Waals surface area contributed by atoms with Crippen LogP contribution in [0.1, 0.15) is 59.3 Å². The minimum atomic E-state index is 0.229. The van der Waals surface area contributed by atoms with Crippen molar-refractivity contribution < 1.29 is 4.79 Å². The molecular formula is C15H30N2O. The highest BCUT2D eigenvalue weighted by Gasteiger charge is 2.32. The van der Waals surface area contributed by atoms with Gasteiger partial charge < -0.3 is 11.1 Å². The van der Waals surface area contributed by atoms with E-state index >= 15 is 0 Å². The summed E-state index contributed by atoms with van der Waals surface area (Å²) >= 11 is 0. The normalized spacial score (nSPS) is 29.2. The van der Waals surface area contributed by atoms with Crippen molar-refractivity contribution >= 4 is 5.91 Å². The van der Waals surface area contributed by atoms with Crippen LogP contribution in [0.4, 0.5) is 0 Å². The first-order valence-electron chi connectivity index (χ1n) is 7.57. The van der Waals surface area contributed by atoms with E-state index in [0.29, 0.717) is 24.3 Å². The Labute approximate surface area is 112 Å². The summed E-state index contributed by atoms with van der Waals surface area (Å²) in [5.41, 5.74) is 5.52. The van der Waals surface area contributed by atoms with Gasteiger partial charge in [0, 0.05) is 12.5 Å². The van der Waals surface area contributed by atoms with Gasteiger partial charge in [0.2, 0.25) is 5.91 Å². The van der Waals surface area contributed by atoms with Gasteiger partial charge in [-0.2, -0.15) is 0 Å². The third-order valence-electron chi connectivity index (χ3n) is 4.62. The van der Waals surface area contributed by atoms with E-state index in [0.717, 1.165) is 31.7 Å². The average Bonchev–Trinajstić information content (AvgIpc) is 2.68. The Kier molecular flexibility index (Phi) is 6.69. The fraction of sp³-hybridized carbons (Fsp3) is 0.933. The maximum Gasteiger partial charge on any atom is 0.220 e. The van der Waals surface area contributed by atoms with Crippen molar-refractivity contribution in [2.45, 2.75) is 65.3 Å². The monoisotopic (exact) mass is 254 g/mol. The van der Waals surface area contributed by atoms with Gasteiger partial charge in [-0.3, -0.25) is 4.79 Å². The van der Waals surface area contributed by atoms with E-state index in [2.05, 4.69) is 26.1 Å². The minimum absolute atomic E-state index is 0.229.